The van der Waals surface area contributed by atoms with Crippen LogP contribution in [0.25, 0.3) is 0 Å². The lowest BCUT2D eigenvalue weighted by Crippen LogP contribution is -2.57. The second-order valence-electron chi connectivity index (χ2n) is 4.91. The van der Waals surface area contributed by atoms with Gasteiger partial charge in [0.15, 0.2) is 0 Å². The van der Waals surface area contributed by atoms with Gasteiger partial charge in [0.05, 0.1) is 12.7 Å². The minimum Gasteiger partial charge on any atom is -0.497 e. The third kappa shape index (κ3) is 2.71. The molecule has 19 heavy (non-hydrogen) atoms. The standard InChI is InChI=1S/C14H19FN2O2/c1-9-7-16-8-10(2)17(9)14(18)12-5-4-11(19-3)6-13(12)15/h4-6,9-10,16H,7-8H2,1-3H3/t9-,10-/m1/s1. The lowest BCUT2D eigenvalue weighted by molar-refractivity contribution is 0.0539. The Kier molecular flexibility index (Phi) is 4.04. The van der Waals surface area contributed by atoms with E-state index in [1.807, 2.05) is 13.8 Å². The first-order chi connectivity index (χ1) is 9.04. The Balaban J connectivity index is 2.28. The van der Waals surface area contributed by atoms with Crippen molar-refractivity contribution >= 4 is 5.91 Å². The highest BCUT2D eigenvalue weighted by Gasteiger charge is 2.30. The molecule has 1 aromatic carbocycles. The first-order valence-electron chi connectivity index (χ1n) is 6.41. The molecule has 1 fully saturated rings. The first kappa shape index (κ1) is 13.8. The van der Waals surface area contributed by atoms with Crippen LogP contribution in [0.3, 0.4) is 0 Å². The Labute approximate surface area is 112 Å². The van der Waals surface area contributed by atoms with Gasteiger partial charge in [-0.05, 0) is 26.0 Å². The second-order valence-corrected chi connectivity index (χ2v) is 4.91. The molecule has 1 aliphatic rings. The fourth-order valence-electron chi connectivity index (χ4n) is 2.47. The Morgan fingerprint density at radius 2 is 2.00 bits per heavy atom. The normalized spacial score (nSPS) is 23.3. The summed E-state index contributed by atoms with van der Waals surface area (Å²) in [6.45, 7) is 5.38. The number of nitrogens with one attached hydrogen (secondary N) is 1. The predicted octanol–water partition coefficient (Wildman–Crippen LogP) is 1.66. The average Bonchev–Trinajstić information content (AvgIpc) is 2.38. The number of hydrogen-bond acceptors (Lipinski definition) is 3. The summed E-state index contributed by atoms with van der Waals surface area (Å²) in [4.78, 5) is 14.2. The van der Waals surface area contributed by atoms with Gasteiger partial charge < -0.3 is 15.0 Å². The van der Waals surface area contributed by atoms with Gasteiger partial charge >= 0.3 is 0 Å². The topological polar surface area (TPSA) is 41.6 Å². The molecule has 1 aliphatic heterocycles. The Morgan fingerprint density at radius 1 is 1.37 bits per heavy atom. The molecule has 104 valence electrons. The van der Waals surface area contributed by atoms with E-state index in [1.165, 1.54) is 19.2 Å². The number of carbonyl (C=O) groups excluding carboxylic acids is 1. The summed E-state index contributed by atoms with van der Waals surface area (Å²) in [7, 11) is 1.47. The lowest BCUT2D eigenvalue weighted by atomic mass is 10.1. The maximum atomic E-state index is 14.0. The number of methoxy groups -OCH3 is 1. The fourth-order valence-corrected chi connectivity index (χ4v) is 2.47. The number of amides is 1. The summed E-state index contributed by atoms with van der Waals surface area (Å²) in [6.07, 6.45) is 0. The number of nitrogens with zero attached hydrogens (tertiary/aromatic N) is 1. The molecule has 0 unspecified atom stereocenters. The Hall–Kier alpha value is -1.62. The average molecular weight is 266 g/mol. The molecule has 0 aromatic heterocycles. The van der Waals surface area contributed by atoms with Gasteiger partial charge in [-0.3, -0.25) is 4.79 Å². The van der Waals surface area contributed by atoms with Gasteiger partial charge in [0.25, 0.3) is 5.91 Å². The quantitative estimate of drug-likeness (QED) is 0.885. The van der Waals surface area contributed by atoms with Crippen molar-refractivity contribution in [2.45, 2.75) is 25.9 Å². The third-order valence-electron chi connectivity index (χ3n) is 3.47. The molecule has 2 atom stereocenters. The van der Waals surface area contributed by atoms with Gasteiger partial charge in [0, 0.05) is 31.2 Å². The van der Waals surface area contributed by atoms with Gasteiger partial charge in [-0.1, -0.05) is 0 Å². The van der Waals surface area contributed by atoms with E-state index in [4.69, 9.17) is 4.74 Å². The molecule has 5 heteroatoms. The molecule has 4 nitrogen and oxygen atoms in total. The Bertz CT molecular complexity index is 469. The van der Waals surface area contributed by atoms with Crippen LogP contribution < -0.4 is 10.1 Å². The van der Waals surface area contributed by atoms with E-state index in [2.05, 4.69) is 5.32 Å². The van der Waals surface area contributed by atoms with Crippen LogP contribution in [-0.4, -0.2) is 43.1 Å². The molecule has 1 aromatic rings. The zero-order valence-corrected chi connectivity index (χ0v) is 11.4. The van der Waals surface area contributed by atoms with Crippen molar-refractivity contribution in [1.82, 2.24) is 10.2 Å². The number of carbonyl (C=O) groups is 1. The second kappa shape index (κ2) is 5.57. The summed E-state index contributed by atoms with van der Waals surface area (Å²) < 4.78 is 18.9. The van der Waals surface area contributed by atoms with Crippen molar-refractivity contribution in [1.29, 1.82) is 0 Å². The number of rotatable bonds is 2. The molecule has 2 rings (SSSR count). The lowest BCUT2D eigenvalue weighted by Gasteiger charge is -2.39. The molecule has 0 bridgehead atoms. The summed E-state index contributed by atoms with van der Waals surface area (Å²) in [5, 5.41) is 3.25. The monoisotopic (exact) mass is 266 g/mol. The van der Waals surface area contributed by atoms with Gasteiger partial charge in [0.2, 0.25) is 0 Å². The molecule has 0 spiro atoms. The maximum Gasteiger partial charge on any atom is 0.257 e. The van der Waals surface area contributed by atoms with Crippen molar-refractivity contribution in [3.8, 4) is 5.75 Å². The maximum absolute atomic E-state index is 14.0. The van der Waals surface area contributed by atoms with E-state index in [0.717, 1.165) is 13.1 Å². The van der Waals surface area contributed by atoms with Crippen LogP contribution in [0.15, 0.2) is 18.2 Å². The molecule has 0 radical (unpaired) electrons. The minimum absolute atomic E-state index is 0.0535. The van der Waals surface area contributed by atoms with Crippen LogP contribution in [0.5, 0.6) is 5.75 Å². The highest BCUT2D eigenvalue weighted by atomic mass is 19.1. The zero-order valence-electron chi connectivity index (χ0n) is 11.4. The van der Waals surface area contributed by atoms with Crippen LogP contribution in [0.1, 0.15) is 24.2 Å². The predicted molar refractivity (Wildman–Crippen MR) is 70.9 cm³/mol. The first-order valence-corrected chi connectivity index (χ1v) is 6.41. The van der Waals surface area contributed by atoms with Crippen molar-refractivity contribution in [3.63, 3.8) is 0 Å². The van der Waals surface area contributed by atoms with Crippen LogP contribution in [-0.2, 0) is 0 Å². The minimum atomic E-state index is -0.540. The van der Waals surface area contributed by atoms with E-state index in [1.54, 1.807) is 11.0 Å². The molecule has 1 saturated heterocycles. The zero-order chi connectivity index (χ0) is 14.0. The number of halogens is 1. The summed E-state index contributed by atoms with van der Waals surface area (Å²) in [5.41, 5.74) is 0.0985. The van der Waals surface area contributed by atoms with Crippen LogP contribution in [0.4, 0.5) is 4.39 Å². The van der Waals surface area contributed by atoms with Gasteiger partial charge in [-0.2, -0.15) is 0 Å². The molecule has 1 N–H and O–H groups in total. The molecular formula is C14H19FN2O2. The SMILES string of the molecule is COc1ccc(C(=O)N2[C@H](C)CNC[C@H]2C)c(F)c1. The third-order valence-corrected chi connectivity index (χ3v) is 3.47. The van der Waals surface area contributed by atoms with Gasteiger partial charge in [0.1, 0.15) is 11.6 Å². The van der Waals surface area contributed by atoms with E-state index in [0.29, 0.717) is 5.75 Å². The molecule has 1 amide bonds. The van der Waals surface area contributed by atoms with Crippen molar-refractivity contribution in [2.75, 3.05) is 20.2 Å². The van der Waals surface area contributed by atoms with E-state index in [9.17, 15) is 9.18 Å². The number of hydrogen-bond donors (Lipinski definition) is 1. The van der Waals surface area contributed by atoms with Crippen molar-refractivity contribution in [2.24, 2.45) is 0 Å². The van der Waals surface area contributed by atoms with E-state index >= 15 is 0 Å². The van der Waals surface area contributed by atoms with Crippen LogP contribution in [0.2, 0.25) is 0 Å². The molecular weight excluding hydrogens is 247 g/mol. The smallest absolute Gasteiger partial charge is 0.257 e. The van der Waals surface area contributed by atoms with Gasteiger partial charge in [-0.25, -0.2) is 4.39 Å². The molecule has 0 saturated carbocycles. The van der Waals surface area contributed by atoms with E-state index in [-0.39, 0.29) is 23.6 Å². The highest BCUT2D eigenvalue weighted by molar-refractivity contribution is 5.95. The fraction of sp³-hybridized carbons (Fsp3) is 0.500. The summed E-state index contributed by atoms with van der Waals surface area (Å²) >= 11 is 0. The molecule has 1 heterocycles. The highest BCUT2D eigenvalue weighted by Crippen LogP contribution is 2.20. The summed E-state index contributed by atoms with van der Waals surface area (Å²) in [5.74, 6) is -0.389. The number of benzene rings is 1. The Morgan fingerprint density at radius 3 is 2.53 bits per heavy atom. The van der Waals surface area contributed by atoms with Crippen LogP contribution in [0, 0.1) is 5.82 Å². The number of piperazine rings is 1. The van der Waals surface area contributed by atoms with E-state index < -0.39 is 5.82 Å². The summed E-state index contributed by atoms with van der Waals surface area (Å²) in [6, 6.07) is 4.44. The molecule has 0 aliphatic carbocycles. The largest absolute Gasteiger partial charge is 0.497 e. The number of ether oxygens (including phenoxy) is 1. The van der Waals surface area contributed by atoms with Crippen molar-refractivity contribution < 1.29 is 13.9 Å². The van der Waals surface area contributed by atoms with Crippen LogP contribution >= 0.6 is 0 Å². The van der Waals surface area contributed by atoms with Crippen molar-refractivity contribution in [3.05, 3.63) is 29.6 Å². The van der Waals surface area contributed by atoms with Gasteiger partial charge in [-0.15, -0.1) is 0 Å².